The SMILES string of the molecule is CN=C(NCc1cccc(F)c1)NC1CC1c1ccccc1. The van der Waals surface area contributed by atoms with Crippen molar-refractivity contribution in [1.29, 1.82) is 0 Å². The third-order valence-electron chi connectivity index (χ3n) is 3.91. The van der Waals surface area contributed by atoms with Crippen molar-refractivity contribution >= 4 is 5.96 Å². The molecule has 0 amide bonds. The second-order valence-electron chi connectivity index (χ2n) is 5.56. The number of rotatable bonds is 4. The van der Waals surface area contributed by atoms with Gasteiger partial charge in [0.05, 0.1) is 0 Å². The van der Waals surface area contributed by atoms with Gasteiger partial charge in [-0.25, -0.2) is 4.39 Å². The zero-order chi connectivity index (χ0) is 15.4. The van der Waals surface area contributed by atoms with E-state index in [0.29, 0.717) is 18.5 Å². The number of benzene rings is 2. The number of nitrogens with zero attached hydrogens (tertiary/aromatic N) is 1. The maximum Gasteiger partial charge on any atom is 0.191 e. The van der Waals surface area contributed by atoms with Gasteiger partial charge in [0, 0.05) is 25.6 Å². The molecule has 0 spiro atoms. The monoisotopic (exact) mass is 297 g/mol. The van der Waals surface area contributed by atoms with Crippen molar-refractivity contribution < 1.29 is 4.39 Å². The second kappa shape index (κ2) is 6.60. The number of nitrogens with one attached hydrogen (secondary N) is 2. The van der Waals surface area contributed by atoms with Crippen LogP contribution in [0, 0.1) is 5.82 Å². The first-order valence-corrected chi connectivity index (χ1v) is 7.53. The van der Waals surface area contributed by atoms with Crippen LogP contribution in [0.3, 0.4) is 0 Å². The van der Waals surface area contributed by atoms with Crippen LogP contribution in [-0.4, -0.2) is 19.0 Å². The Labute approximate surface area is 130 Å². The van der Waals surface area contributed by atoms with Crippen molar-refractivity contribution in [3.63, 3.8) is 0 Å². The van der Waals surface area contributed by atoms with Gasteiger partial charge in [0.15, 0.2) is 5.96 Å². The van der Waals surface area contributed by atoms with Crippen LogP contribution in [0.25, 0.3) is 0 Å². The summed E-state index contributed by atoms with van der Waals surface area (Å²) < 4.78 is 13.2. The number of aliphatic imine (C=N–C) groups is 1. The molecule has 2 N–H and O–H groups in total. The first-order valence-electron chi connectivity index (χ1n) is 7.53. The van der Waals surface area contributed by atoms with Gasteiger partial charge in [-0.15, -0.1) is 0 Å². The van der Waals surface area contributed by atoms with Crippen LogP contribution >= 0.6 is 0 Å². The molecule has 2 aromatic carbocycles. The fourth-order valence-corrected chi connectivity index (χ4v) is 2.63. The third-order valence-corrected chi connectivity index (χ3v) is 3.91. The molecule has 1 fully saturated rings. The summed E-state index contributed by atoms with van der Waals surface area (Å²) in [5, 5.41) is 6.65. The number of hydrogen-bond donors (Lipinski definition) is 2. The summed E-state index contributed by atoms with van der Waals surface area (Å²) in [6.45, 7) is 0.556. The van der Waals surface area contributed by atoms with Crippen LogP contribution in [0.15, 0.2) is 59.6 Å². The van der Waals surface area contributed by atoms with Crippen molar-refractivity contribution in [3.05, 3.63) is 71.5 Å². The maximum absolute atomic E-state index is 13.2. The molecule has 2 atom stereocenters. The normalized spacial score (nSPS) is 20.5. The Morgan fingerprint density at radius 2 is 2.00 bits per heavy atom. The van der Waals surface area contributed by atoms with Gasteiger partial charge in [-0.3, -0.25) is 4.99 Å². The molecule has 0 aliphatic heterocycles. The van der Waals surface area contributed by atoms with E-state index >= 15 is 0 Å². The fraction of sp³-hybridized carbons (Fsp3) is 0.278. The van der Waals surface area contributed by atoms with Crippen molar-refractivity contribution in [3.8, 4) is 0 Å². The maximum atomic E-state index is 13.2. The molecule has 4 heteroatoms. The van der Waals surface area contributed by atoms with E-state index < -0.39 is 0 Å². The van der Waals surface area contributed by atoms with E-state index in [2.05, 4.69) is 39.9 Å². The van der Waals surface area contributed by atoms with Gasteiger partial charge in [-0.1, -0.05) is 42.5 Å². The fourth-order valence-electron chi connectivity index (χ4n) is 2.63. The van der Waals surface area contributed by atoms with E-state index in [0.717, 1.165) is 17.9 Å². The highest BCUT2D eigenvalue weighted by Crippen LogP contribution is 2.40. The summed E-state index contributed by atoms with van der Waals surface area (Å²) in [6.07, 6.45) is 1.12. The lowest BCUT2D eigenvalue weighted by Gasteiger charge is -2.12. The quantitative estimate of drug-likeness (QED) is 0.672. The summed E-state index contributed by atoms with van der Waals surface area (Å²) >= 11 is 0. The van der Waals surface area contributed by atoms with Crippen molar-refractivity contribution in [2.45, 2.75) is 24.9 Å². The average molecular weight is 297 g/mol. The molecule has 3 nitrogen and oxygen atoms in total. The molecule has 1 aliphatic rings. The molecule has 0 radical (unpaired) electrons. The number of hydrogen-bond acceptors (Lipinski definition) is 1. The van der Waals surface area contributed by atoms with Crippen LogP contribution in [0.5, 0.6) is 0 Å². The predicted octanol–water partition coefficient (Wildman–Crippen LogP) is 3.05. The van der Waals surface area contributed by atoms with Gasteiger partial charge in [0.2, 0.25) is 0 Å². The first kappa shape index (κ1) is 14.6. The van der Waals surface area contributed by atoms with E-state index in [9.17, 15) is 4.39 Å². The van der Waals surface area contributed by atoms with Crippen LogP contribution < -0.4 is 10.6 Å². The Morgan fingerprint density at radius 1 is 1.18 bits per heavy atom. The number of guanidine groups is 1. The molecule has 3 rings (SSSR count). The van der Waals surface area contributed by atoms with Crippen LogP contribution in [0.2, 0.25) is 0 Å². The molecule has 1 saturated carbocycles. The minimum absolute atomic E-state index is 0.214. The summed E-state index contributed by atoms with van der Waals surface area (Å²) in [7, 11) is 1.75. The van der Waals surface area contributed by atoms with Gasteiger partial charge < -0.3 is 10.6 Å². The predicted molar refractivity (Wildman–Crippen MR) is 87.3 cm³/mol. The van der Waals surface area contributed by atoms with Crippen molar-refractivity contribution in [2.24, 2.45) is 4.99 Å². The molecular formula is C18H20FN3. The minimum Gasteiger partial charge on any atom is -0.353 e. The Balaban J connectivity index is 1.51. The Kier molecular flexibility index (Phi) is 4.37. The number of halogens is 1. The molecule has 0 aromatic heterocycles. The van der Waals surface area contributed by atoms with E-state index in [1.54, 1.807) is 13.1 Å². The average Bonchev–Trinajstić information content (AvgIpc) is 3.31. The molecule has 0 bridgehead atoms. The van der Waals surface area contributed by atoms with E-state index in [1.165, 1.54) is 17.7 Å². The van der Waals surface area contributed by atoms with Gasteiger partial charge in [0.25, 0.3) is 0 Å². The van der Waals surface area contributed by atoms with E-state index in [1.807, 2.05) is 12.1 Å². The molecule has 0 saturated heterocycles. The highest BCUT2D eigenvalue weighted by molar-refractivity contribution is 5.80. The summed E-state index contributed by atoms with van der Waals surface area (Å²) in [5.41, 5.74) is 2.26. The third kappa shape index (κ3) is 3.64. The standard InChI is InChI=1S/C18H20FN3/c1-20-18(21-12-13-6-5-9-15(19)10-13)22-17-11-16(17)14-7-3-2-4-8-14/h2-10,16-17H,11-12H2,1H3,(H2,20,21,22). The molecule has 114 valence electrons. The first-order chi connectivity index (χ1) is 10.8. The van der Waals surface area contributed by atoms with E-state index in [4.69, 9.17) is 0 Å². The largest absolute Gasteiger partial charge is 0.353 e. The Morgan fingerprint density at radius 3 is 2.73 bits per heavy atom. The van der Waals surface area contributed by atoms with Crippen LogP contribution in [0.1, 0.15) is 23.5 Å². The molecule has 1 aliphatic carbocycles. The second-order valence-corrected chi connectivity index (χ2v) is 5.56. The highest BCUT2D eigenvalue weighted by atomic mass is 19.1. The molecule has 0 heterocycles. The van der Waals surface area contributed by atoms with Gasteiger partial charge in [0.1, 0.15) is 5.82 Å². The Bertz CT molecular complexity index is 654. The van der Waals surface area contributed by atoms with Crippen molar-refractivity contribution in [1.82, 2.24) is 10.6 Å². The molecule has 22 heavy (non-hydrogen) atoms. The topological polar surface area (TPSA) is 36.4 Å². The lowest BCUT2D eigenvalue weighted by molar-refractivity contribution is 0.624. The molecule has 2 aromatic rings. The van der Waals surface area contributed by atoms with Gasteiger partial charge in [-0.05, 0) is 29.7 Å². The molecular weight excluding hydrogens is 277 g/mol. The van der Waals surface area contributed by atoms with E-state index in [-0.39, 0.29) is 5.82 Å². The zero-order valence-electron chi connectivity index (χ0n) is 12.6. The van der Waals surface area contributed by atoms with Gasteiger partial charge in [-0.2, -0.15) is 0 Å². The molecule has 2 unspecified atom stereocenters. The smallest absolute Gasteiger partial charge is 0.191 e. The highest BCUT2D eigenvalue weighted by Gasteiger charge is 2.38. The summed E-state index contributed by atoms with van der Waals surface area (Å²) in [6, 6.07) is 17.5. The lowest BCUT2D eigenvalue weighted by atomic mass is 10.1. The summed E-state index contributed by atoms with van der Waals surface area (Å²) in [4.78, 5) is 4.23. The Hall–Kier alpha value is -2.36. The van der Waals surface area contributed by atoms with Crippen LogP contribution in [-0.2, 0) is 6.54 Å². The minimum atomic E-state index is -0.214. The van der Waals surface area contributed by atoms with Crippen molar-refractivity contribution in [2.75, 3.05) is 7.05 Å². The van der Waals surface area contributed by atoms with Gasteiger partial charge >= 0.3 is 0 Å². The zero-order valence-corrected chi connectivity index (χ0v) is 12.6. The van der Waals surface area contributed by atoms with Crippen LogP contribution in [0.4, 0.5) is 4.39 Å². The summed E-state index contributed by atoms with van der Waals surface area (Å²) in [5.74, 6) is 1.09. The lowest BCUT2D eigenvalue weighted by Crippen LogP contribution is -2.38.